The lowest BCUT2D eigenvalue weighted by molar-refractivity contribution is -0.121. The Bertz CT molecular complexity index is 583. The van der Waals surface area contributed by atoms with E-state index in [0.29, 0.717) is 25.1 Å². The molecule has 2 rings (SSSR count). The van der Waals surface area contributed by atoms with Crippen LogP contribution in [0.1, 0.15) is 11.3 Å². The second-order valence-corrected chi connectivity index (χ2v) is 4.61. The van der Waals surface area contributed by atoms with Crippen LogP contribution >= 0.6 is 0 Å². The van der Waals surface area contributed by atoms with E-state index in [2.05, 4.69) is 15.6 Å². The summed E-state index contributed by atoms with van der Waals surface area (Å²) in [6.07, 6.45) is 2.70. The van der Waals surface area contributed by atoms with Gasteiger partial charge in [0.15, 0.2) is 0 Å². The summed E-state index contributed by atoms with van der Waals surface area (Å²) in [5.74, 6) is -0.440. The fourth-order valence-electron chi connectivity index (χ4n) is 1.85. The molecule has 0 aliphatic heterocycles. The number of carbonyl (C=O) groups excluding carboxylic acids is 1. The van der Waals surface area contributed by atoms with Crippen molar-refractivity contribution in [3.63, 3.8) is 0 Å². The van der Waals surface area contributed by atoms with Crippen LogP contribution in [0.25, 0.3) is 0 Å². The average molecular weight is 292 g/mol. The zero-order valence-electron chi connectivity index (χ0n) is 11.5. The lowest BCUT2D eigenvalue weighted by Crippen LogP contribution is -2.29. The van der Waals surface area contributed by atoms with Gasteiger partial charge in [0.2, 0.25) is 5.91 Å². The SMILES string of the molecule is O=C(Cn1cc(CCO)nn1)NCCc1ccc(F)cc1. The number of halogens is 1. The van der Waals surface area contributed by atoms with Gasteiger partial charge in [-0.2, -0.15) is 0 Å². The Morgan fingerprint density at radius 1 is 1.29 bits per heavy atom. The summed E-state index contributed by atoms with van der Waals surface area (Å²) >= 11 is 0. The molecule has 0 aliphatic rings. The molecule has 0 unspecified atom stereocenters. The number of hydrogen-bond donors (Lipinski definition) is 2. The van der Waals surface area contributed by atoms with Gasteiger partial charge in [-0.25, -0.2) is 9.07 Å². The molecule has 0 spiro atoms. The van der Waals surface area contributed by atoms with Gasteiger partial charge in [0.1, 0.15) is 12.4 Å². The van der Waals surface area contributed by atoms with E-state index in [-0.39, 0.29) is 24.9 Å². The summed E-state index contributed by atoms with van der Waals surface area (Å²) in [6.45, 7) is 0.563. The molecular formula is C14H17FN4O2. The van der Waals surface area contributed by atoms with E-state index < -0.39 is 0 Å². The first-order chi connectivity index (χ1) is 10.2. The van der Waals surface area contributed by atoms with Crippen molar-refractivity contribution in [2.75, 3.05) is 13.2 Å². The number of benzene rings is 1. The van der Waals surface area contributed by atoms with Crippen molar-refractivity contribution in [2.45, 2.75) is 19.4 Å². The number of nitrogens with zero attached hydrogens (tertiary/aromatic N) is 3. The summed E-state index contributed by atoms with van der Waals surface area (Å²) < 4.78 is 14.2. The Kier molecular flexibility index (Phi) is 5.39. The minimum atomic E-state index is -0.271. The van der Waals surface area contributed by atoms with Crippen molar-refractivity contribution in [2.24, 2.45) is 0 Å². The van der Waals surface area contributed by atoms with Crippen LogP contribution in [0.15, 0.2) is 30.5 Å². The summed E-state index contributed by atoms with van der Waals surface area (Å²) in [5.41, 5.74) is 1.61. The van der Waals surface area contributed by atoms with Crippen molar-refractivity contribution >= 4 is 5.91 Å². The molecule has 0 saturated heterocycles. The number of aliphatic hydroxyl groups is 1. The average Bonchev–Trinajstić information content (AvgIpc) is 2.89. The molecule has 2 aromatic rings. The third kappa shape index (κ3) is 4.96. The zero-order chi connectivity index (χ0) is 15.1. The first-order valence-corrected chi connectivity index (χ1v) is 6.68. The Morgan fingerprint density at radius 2 is 2.05 bits per heavy atom. The van der Waals surface area contributed by atoms with E-state index in [1.54, 1.807) is 18.3 Å². The molecule has 1 aromatic carbocycles. The van der Waals surface area contributed by atoms with Crippen molar-refractivity contribution in [3.8, 4) is 0 Å². The predicted octanol–water partition coefficient (Wildman–Crippen LogP) is 0.311. The Labute approximate surface area is 121 Å². The minimum Gasteiger partial charge on any atom is -0.396 e. The number of carbonyl (C=O) groups is 1. The Morgan fingerprint density at radius 3 is 2.76 bits per heavy atom. The van der Waals surface area contributed by atoms with Gasteiger partial charge in [0.05, 0.1) is 5.69 Å². The Balaban J connectivity index is 1.72. The van der Waals surface area contributed by atoms with Crippen molar-refractivity contribution in [1.82, 2.24) is 20.3 Å². The summed E-state index contributed by atoms with van der Waals surface area (Å²) in [7, 11) is 0. The van der Waals surface area contributed by atoms with Crippen LogP contribution in [0.5, 0.6) is 0 Å². The third-order valence-corrected chi connectivity index (χ3v) is 2.91. The molecule has 112 valence electrons. The van der Waals surface area contributed by atoms with E-state index in [4.69, 9.17) is 5.11 Å². The van der Waals surface area contributed by atoms with Crippen molar-refractivity contribution < 1.29 is 14.3 Å². The topological polar surface area (TPSA) is 80.0 Å². The van der Waals surface area contributed by atoms with E-state index in [9.17, 15) is 9.18 Å². The highest BCUT2D eigenvalue weighted by molar-refractivity contribution is 5.75. The number of amides is 1. The van der Waals surface area contributed by atoms with E-state index in [0.717, 1.165) is 5.56 Å². The second-order valence-electron chi connectivity index (χ2n) is 4.61. The number of aliphatic hydroxyl groups excluding tert-OH is 1. The van der Waals surface area contributed by atoms with Gasteiger partial charge in [0, 0.05) is 25.8 Å². The van der Waals surface area contributed by atoms with E-state index in [1.165, 1.54) is 16.8 Å². The first-order valence-electron chi connectivity index (χ1n) is 6.68. The maximum absolute atomic E-state index is 12.7. The lowest BCUT2D eigenvalue weighted by Gasteiger charge is -2.05. The van der Waals surface area contributed by atoms with Crippen LogP contribution < -0.4 is 5.32 Å². The summed E-state index contributed by atoms with van der Waals surface area (Å²) in [5, 5.41) is 19.2. The molecule has 1 heterocycles. The number of nitrogens with one attached hydrogen (secondary N) is 1. The summed E-state index contributed by atoms with van der Waals surface area (Å²) in [4.78, 5) is 11.7. The molecule has 1 amide bonds. The number of rotatable bonds is 7. The molecule has 0 radical (unpaired) electrons. The fraction of sp³-hybridized carbons (Fsp3) is 0.357. The van der Waals surface area contributed by atoms with E-state index >= 15 is 0 Å². The normalized spacial score (nSPS) is 10.6. The summed E-state index contributed by atoms with van der Waals surface area (Å²) in [6, 6.07) is 6.19. The van der Waals surface area contributed by atoms with Crippen LogP contribution in [0.2, 0.25) is 0 Å². The molecule has 21 heavy (non-hydrogen) atoms. The highest BCUT2D eigenvalue weighted by Gasteiger charge is 2.05. The molecule has 7 heteroatoms. The molecule has 0 aliphatic carbocycles. The standard InChI is InChI=1S/C14H17FN4O2/c15-12-3-1-11(2-4-12)5-7-16-14(21)10-19-9-13(6-8-20)17-18-19/h1-4,9,20H,5-8,10H2,(H,16,21). The van der Waals surface area contributed by atoms with Gasteiger partial charge in [-0.05, 0) is 24.1 Å². The highest BCUT2D eigenvalue weighted by Crippen LogP contribution is 2.02. The zero-order valence-corrected chi connectivity index (χ0v) is 11.5. The van der Waals surface area contributed by atoms with Gasteiger partial charge in [-0.15, -0.1) is 5.10 Å². The van der Waals surface area contributed by atoms with Gasteiger partial charge < -0.3 is 10.4 Å². The smallest absolute Gasteiger partial charge is 0.241 e. The van der Waals surface area contributed by atoms with E-state index in [1.807, 2.05) is 0 Å². The molecule has 2 N–H and O–H groups in total. The monoisotopic (exact) mass is 292 g/mol. The van der Waals surface area contributed by atoms with Crippen molar-refractivity contribution in [3.05, 3.63) is 47.5 Å². The minimum absolute atomic E-state index is 0.00254. The van der Waals surface area contributed by atoms with Crippen LogP contribution in [0, 0.1) is 5.82 Å². The van der Waals surface area contributed by atoms with Gasteiger partial charge in [-0.1, -0.05) is 17.3 Å². The van der Waals surface area contributed by atoms with Crippen LogP contribution in [-0.4, -0.2) is 39.2 Å². The van der Waals surface area contributed by atoms with Crippen LogP contribution in [0.4, 0.5) is 4.39 Å². The molecule has 0 atom stereocenters. The quantitative estimate of drug-likeness (QED) is 0.770. The maximum Gasteiger partial charge on any atom is 0.241 e. The van der Waals surface area contributed by atoms with Crippen LogP contribution in [0.3, 0.4) is 0 Å². The molecule has 1 aromatic heterocycles. The lowest BCUT2D eigenvalue weighted by atomic mass is 10.1. The highest BCUT2D eigenvalue weighted by atomic mass is 19.1. The third-order valence-electron chi connectivity index (χ3n) is 2.91. The molecule has 0 saturated carbocycles. The molecule has 6 nitrogen and oxygen atoms in total. The number of aromatic nitrogens is 3. The van der Waals surface area contributed by atoms with Crippen molar-refractivity contribution in [1.29, 1.82) is 0 Å². The van der Waals surface area contributed by atoms with Gasteiger partial charge in [0.25, 0.3) is 0 Å². The fourth-order valence-corrected chi connectivity index (χ4v) is 1.85. The Hall–Kier alpha value is -2.28. The predicted molar refractivity (Wildman–Crippen MR) is 73.9 cm³/mol. The van der Waals surface area contributed by atoms with Gasteiger partial charge in [-0.3, -0.25) is 4.79 Å². The first kappa shape index (κ1) is 15.1. The number of hydrogen-bond acceptors (Lipinski definition) is 4. The van der Waals surface area contributed by atoms with Crippen LogP contribution in [-0.2, 0) is 24.2 Å². The molecule has 0 bridgehead atoms. The maximum atomic E-state index is 12.7. The largest absolute Gasteiger partial charge is 0.396 e. The molecule has 0 fully saturated rings. The second kappa shape index (κ2) is 7.49. The van der Waals surface area contributed by atoms with Gasteiger partial charge >= 0.3 is 0 Å². The molecular weight excluding hydrogens is 275 g/mol.